The number of hydrogen-bond acceptors (Lipinski definition) is 2. The minimum atomic E-state index is -2.89. The van der Waals surface area contributed by atoms with Crippen LogP contribution in [0.1, 0.15) is 45.4 Å². The predicted molar refractivity (Wildman–Crippen MR) is 58.2 cm³/mol. The third kappa shape index (κ3) is 22.5. The Morgan fingerprint density at radius 2 is 1.86 bits per heavy atom. The Labute approximate surface area is 87.2 Å². The third-order valence-corrected chi connectivity index (χ3v) is 1.69. The lowest BCUT2D eigenvalue weighted by atomic mass is 10.1. The van der Waals surface area contributed by atoms with Gasteiger partial charge in [-0.15, -0.1) is 0 Å². The van der Waals surface area contributed by atoms with Crippen LogP contribution in [-0.2, 0) is 10.9 Å². The van der Waals surface area contributed by atoms with E-state index in [0.29, 0.717) is 0 Å². The molecule has 0 aromatic rings. The molecule has 0 aromatic heterocycles. The fraction of sp³-hybridized carbons (Fsp3) is 0.875. The minimum Gasteiger partial charge on any atom is -0.224 e. The summed E-state index contributed by atoms with van der Waals surface area (Å²) in [5.41, 5.74) is 7.31. The Morgan fingerprint density at radius 1 is 1.29 bits per heavy atom. The van der Waals surface area contributed by atoms with Gasteiger partial charge in [-0.05, 0) is 5.53 Å². The fourth-order valence-electron chi connectivity index (χ4n) is 0.813. The van der Waals surface area contributed by atoms with Gasteiger partial charge in [0.05, 0.1) is 0 Å². The molecule has 0 unspecified atom stereocenters. The summed E-state index contributed by atoms with van der Waals surface area (Å²) in [6.45, 7) is 6.02. The summed E-state index contributed by atoms with van der Waals surface area (Å²) in [4.78, 5) is 1.96. The molecule has 0 atom stereocenters. The second kappa shape index (κ2) is 14.8. The van der Waals surface area contributed by atoms with Gasteiger partial charge in [0.15, 0.2) is 0 Å². The van der Waals surface area contributed by atoms with E-state index in [4.69, 9.17) is 5.53 Å². The molecule has 5 nitrogen and oxygen atoms in total. The second-order valence-corrected chi connectivity index (χ2v) is 3.34. The average molecular weight is 220 g/mol. The van der Waals surface area contributed by atoms with E-state index in [2.05, 4.69) is 18.4 Å². The van der Waals surface area contributed by atoms with Crippen molar-refractivity contribution < 1.29 is 8.42 Å². The molecule has 0 heterocycles. The molecule has 0 aliphatic heterocycles. The quantitative estimate of drug-likeness (QED) is 0.245. The Bertz CT molecular complexity index is 209. The smallest absolute Gasteiger partial charge is 0.224 e. The summed E-state index contributed by atoms with van der Waals surface area (Å²) < 4.78 is 20.7. The van der Waals surface area contributed by atoms with Crippen LogP contribution in [0.2, 0.25) is 0 Å². The lowest BCUT2D eigenvalue weighted by Crippen LogP contribution is -1.74. The van der Waals surface area contributed by atoms with Crippen molar-refractivity contribution in [2.24, 2.45) is 4.52 Å². The van der Waals surface area contributed by atoms with Crippen LogP contribution in [-0.4, -0.2) is 8.42 Å². The first-order chi connectivity index (χ1) is 6.68. The average Bonchev–Trinajstić information content (AvgIpc) is 2.13. The molecule has 0 saturated heterocycles. The molecular formula is C8H18N3O2S. The van der Waals surface area contributed by atoms with E-state index in [1.165, 1.54) is 32.1 Å². The fourth-order valence-corrected chi connectivity index (χ4v) is 0.878. The van der Waals surface area contributed by atoms with Crippen LogP contribution in [0.15, 0.2) is 4.52 Å². The van der Waals surface area contributed by atoms with Crippen molar-refractivity contribution in [1.29, 1.82) is 0 Å². The zero-order valence-corrected chi connectivity index (χ0v) is 9.45. The van der Waals surface area contributed by atoms with Gasteiger partial charge >= 0.3 is 0 Å². The lowest BCUT2D eigenvalue weighted by Gasteiger charge is -1.93. The molecular weight excluding hydrogens is 202 g/mol. The van der Waals surface area contributed by atoms with Crippen molar-refractivity contribution in [3.05, 3.63) is 17.4 Å². The maximum Gasteiger partial charge on any atom is 0.225 e. The standard InChI is InChI=1S/C8H17.HN3O2S/c1-3-5-7-8-6-4-2;1-2-3-6(4)5/h1,3-8H2,2H3;6H. The van der Waals surface area contributed by atoms with Gasteiger partial charge in [0, 0.05) is 9.43 Å². The molecule has 0 aliphatic carbocycles. The van der Waals surface area contributed by atoms with Crippen molar-refractivity contribution in [2.45, 2.75) is 45.4 Å². The van der Waals surface area contributed by atoms with Gasteiger partial charge < -0.3 is 0 Å². The molecule has 0 N–H and O–H groups in total. The number of azide groups is 1. The van der Waals surface area contributed by atoms with Gasteiger partial charge in [-0.2, -0.15) is 0 Å². The summed E-state index contributed by atoms with van der Waals surface area (Å²) in [5.74, 6) is 0. The van der Waals surface area contributed by atoms with E-state index in [1.807, 2.05) is 4.91 Å². The number of nitrogens with zero attached hydrogens (tertiary/aromatic N) is 3. The van der Waals surface area contributed by atoms with E-state index in [9.17, 15) is 8.42 Å². The second-order valence-electron chi connectivity index (χ2n) is 2.68. The summed E-state index contributed by atoms with van der Waals surface area (Å²) in [5, 5.41) is 0. The van der Waals surface area contributed by atoms with Crippen molar-refractivity contribution in [3.63, 3.8) is 0 Å². The highest BCUT2D eigenvalue weighted by atomic mass is 32.2. The molecule has 0 aliphatic rings. The Morgan fingerprint density at radius 3 is 2.14 bits per heavy atom. The number of unbranched alkanes of at least 4 members (excludes halogenated alkanes) is 5. The molecule has 0 amide bonds. The highest BCUT2D eigenvalue weighted by Gasteiger charge is 1.83. The molecule has 83 valence electrons. The van der Waals surface area contributed by atoms with Crippen LogP contribution in [0, 0.1) is 6.92 Å². The molecule has 0 saturated carbocycles. The maximum absolute atomic E-state index is 9.22. The molecule has 0 bridgehead atoms. The van der Waals surface area contributed by atoms with Crippen LogP contribution in [0.3, 0.4) is 0 Å². The summed E-state index contributed by atoms with van der Waals surface area (Å²) >= 11 is 0. The third-order valence-electron chi connectivity index (χ3n) is 1.47. The van der Waals surface area contributed by atoms with Gasteiger partial charge in [-0.1, -0.05) is 52.4 Å². The van der Waals surface area contributed by atoms with E-state index in [1.54, 1.807) is 0 Å². The zero-order valence-electron chi connectivity index (χ0n) is 8.56. The van der Waals surface area contributed by atoms with Crippen molar-refractivity contribution in [2.75, 3.05) is 0 Å². The summed E-state index contributed by atoms with van der Waals surface area (Å²) in [6.07, 6.45) is 7.98. The van der Waals surface area contributed by atoms with Crippen LogP contribution in [0.25, 0.3) is 10.4 Å². The van der Waals surface area contributed by atoms with E-state index in [-0.39, 0.29) is 0 Å². The Hall–Kier alpha value is -0.740. The normalized spacial score (nSPS) is 8.79. The lowest BCUT2D eigenvalue weighted by molar-refractivity contribution is 0.616. The topological polar surface area (TPSA) is 82.9 Å². The molecule has 0 spiro atoms. The first-order valence-corrected chi connectivity index (χ1v) is 5.80. The largest absolute Gasteiger partial charge is 0.225 e. The van der Waals surface area contributed by atoms with Crippen LogP contribution >= 0.6 is 0 Å². The highest BCUT2D eigenvalue weighted by molar-refractivity contribution is 7.70. The van der Waals surface area contributed by atoms with Gasteiger partial charge in [-0.25, -0.2) is 8.42 Å². The van der Waals surface area contributed by atoms with Gasteiger partial charge in [0.1, 0.15) is 0 Å². The zero-order chi connectivity index (χ0) is 11.2. The maximum atomic E-state index is 9.22. The minimum absolute atomic E-state index is 1.11. The highest BCUT2D eigenvalue weighted by Crippen LogP contribution is 2.03. The summed E-state index contributed by atoms with van der Waals surface area (Å²) in [6, 6.07) is 0. The van der Waals surface area contributed by atoms with E-state index >= 15 is 0 Å². The molecule has 1 radical (unpaired) electrons. The molecule has 0 rings (SSSR count). The van der Waals surface area contributed by atoms with Gasteiger partial charge in [-0.3, -0.25) is 0 Å². The van der Waals surface area contributed by atoms with Crippen molar-refractivity contribution >= 4 is 10.9 Å². The number of rotatable bonds is 6. The Kier molecular flexibility index (Phi) is 16.6. The summed E-state index contributed by atoms with van der Waals surface area (Å²) in [7, 11) is -2.89. The predicted octanol–water partition coefficient (Wildman–Crippen LogP) is 3.00. The Balaban J connectivity index is 0. The first-order valence-electron chi connectivity index (χ1n) is 4.67. The molecule has 6 heteroatoms. The van der Waals surface area contributed by atoms with Crippen molar-refractivity contribution in [3.8, 4) is 0 Å². The van der Waals surface area contributed by atoms with Gasteiger partial charge in [0.2, 0.25) is 10.9 Å². The molecule has 0 fully saturated rings. The monoisotopic (exact) mass is 220 g/mol. The van der Waals surface area contributed by atoms with E-state index < -0.39 is 10.9 Å². The number of thiol groups is 1. The van der Waals surface area contributed by atoms with E-state index in [0.717, 1.165) is 6.42 Å². The first kappa shape index (κ1) is 15.7. The van der Waals surface area contributed by atoms with Crippen LogP contribution < -0.4 is 0 Å². The van der Waals surface area contributed by atoms with Crippen molar-refractivity contribution in [1.82, 2.24) is 0 Å². The van der Waals surface area contributed by atoms with Gasteiger partial charge in [0.25, 0.3) is 0 Å². The van der Waals surface area contributed by atoms with Crippen LogP contribution in [0.4, 0.5) is 0 Å². The number of hydrogen-bond donors (Lipinski definition) is 1. The molecule has 0 aromatic carbocycles. The SMILES string of the molecule is [CH2]CCCCCCC.[N-]=[N+]=N[SH](=O)=O. The molecule has 14 heavy (non-hydrogen) atoms. The van der Waals surface area contributed by atoms with Crippen LogP contribution in [0.5, 0.6) is 0 Å².